The van der Waals surface area contributed by atoms with E-state index in [-0.39, 0.29) is 16.4 Å². The molecule has 0 spiro atoms. The van der Waals surface area contributed by atoms with Crippen molar-refractivity contribution in [2.75, 3.05) is 4.72 Å². The monoisotopic (exact) mass is 510 g/mol. The molecule has 9 nitrogen and oxygen atoms in total. The molecule has 180 valence electrons. The van der Waals surface area contributed by atoms with E-state index >= 15 is 0 Å². The van der Waals surface area contributed by atoms with E-state index in [1.807, 2.05) is 13.0 Å². The maximum atomic E-state index is 12.9. The summed E-state index contributed by atoms with van der Waals surface area (Å²) in [5.41, 5.74) is 4.06. The van der Waals surface area contributed by atoms with Crippen LogP contribution in [0.25, 0.3) is 5.69 Å². The number of hydrogen-bond donors (Lipinski definition) is 2. The largest absolute Gasteiger partial charge is 0.295 e. The summed E-state index contributed by atoms with van der Waals surface area (Å²) in [4.78, 5) is 25.5. The topological polar surface area (TPSA) is 122 Å². The quantitative estimate of drug-likeness (QED) is 0.372. The van der Waals surface area contributed by atoms with E-state index in [9.17, 15) is 13.2 Å². The van der Waals surface area contributed by atoms with Gasteiger partial charge in [0.05, 0.1) is 21.8 Å². The van der Waals surface area contributed by atoms with Crippen LogP contribution >= 0.6 is 11.6 Å². The third-order valence-electron chi connectivity index (χ3n) is 5.23. The number of aromatic nitrogens is 4. The molecule has 0 radical (unpaired) electrons. The standard InChI is InChI=1S/C24H23ClN6O3S/c1-14-5-8-19(12-22(14)25)31-23(32)21(17(4)29-31)13-26-18-6-9-20(10-7-18)35(33,34)30-24-27-15(2)11-16(3)28-24/h5-13,29H,1-4H3,(H,27,28,30). The number of aromatic amines is 1. The van der Waals surface area contributed by atoms with Gasteiger partial charge in [0.15, 0.2) is 0 Å². The average molecular weight is 511 g/mol. The third-order valence-corrected chi connectivity index (χ3v) is 6.98. The first-order chi connectivity index (χ1) is 16.5. The molecule has 0 aliphatic carbocycles. The van der Waals surface area contributed by atoms with Crippen molar-refractivity contribution in [2.45, 2.75) is 32.6 Å². The molecule has 0 aliphatic rings. The number of aryl methyl sites for hydroxylation is 4. The molecule has 2 aromatic heterocycles. The Balaban J connectivity index is 1.55. The number of hydrogen-bond acceptors (Lipinski definition) is 6. The van der Waals surface area contributed by atoms with Crippen LogP contribution in [0.3, 0.4) is 0 Å². The van der Waals surface area contributed by atoms with Crippen LogP contribution in [0.1, 0.15) is 28.2 Å². The van der Waals surface area contributed by atoms with Gasteiger partial charge in [-0.15, -0.1) is 0 Å². The number of benzene rings is 2. The first-order valence-corrected chi connectivity index (χ1v) is 12.5. The van der Waals surface area contributed by atoms with E-state index in [1.54, 1.807) is 51.1 Å². The van der Waals surface area contributed by atoms with E-state index in [0.29, 0.717) is 39.0 Å². The smallest absolute Gasteiger partial charge is 0.280 e. The summed E-state index contributed by atoms with van der Waals surface area (Å²) in [6.45, 7) is 7.18. The molecule has 4 aromatic rings. The molecule has 2 N–H and O–H groups in total. The molecule has 0 saturated heterocycles. The molecule has 0 fully saturated rings. The lowest BCUT2D eigenvalue weighted by atomic mass is 10.2. The average Bonchev–Trinajstić information content (AvgIpc) is 3.06. The minimum Gasteiger partial charge on any atom is -0.295 e. The Bertz CT molecular complexity index is 1590. The van der Waals surface area contributed by atoms with E-state index in [1.165, 1.54) is 23.0 Å². The minimum absolute atomic E-state index is 0.0127. The molecule has 0 unspecified atom stereocenters. The molecule has 0 bridgehead atoms. The SMILES string of the molecule is Cc1cc(C)nc(NS(=O)(=O)c2ccc(N=Cc3c(C)[nH]n(-c4ccc(C)c(Cl)c4)c3=O)cc2)n1. The van der Waals surface area contributed by atoms with Crippen molar-refractivity contribution < 1.29 is 8.42 Å². The first-order valence-electron chi connectivity index (χ1n) is 10.6. The van der Waals surface area contributed by atoms with Gasteiger partial charge in [-0.3, -0.25) is 14.9 Å². The van der Waals surface area contributed by atoms with Gasteiger partial charge in [0, 0.05) is 28.3 Å². The Hall–Kier alpha value is -3.76. The molecule has 11 heteroatoms. The number of rotatable bonds is 6. The molecule has 0 amide bonds. The maximum Gasteiger partial charge on any atom is 0.280 e. The van der Waals surface area contributed by atoms with Crippen LogP contribution in [-0.2, 0) is 10.0 Å². The van der Waals surface area contributed by atoms with Gasteiger partial charge in [0.25, 0.3) is 15.6 Å². The summed E-state index contributed by atoms with van der Waals surface area (Å²) in [6.07, 6.45) is 1.45. The summed E-state index contributed by atoms with van der Waals surface area (Å²) in [5.74, 6) is 0.0127. The fraction of sp³-hybridized carbons (Fsp3) is 0.167. The third kappa shape index (κ3) is 5.33. The summed E-state index contributed by atoms with van der Waals surface area (Å²) < 4.78 is 29.2. The Kier molecular flexibility index (Phi) is 6.60. The van der Waals surface area contributed by atoms with Crippen molar-refractivity contribution in [3.05, 3.63) is 92.1 Å². The summed E-state index contributed by atoms with van der Waals surface area (Å²) >= 11 is 6.20. The second kappa shape index (κ2) is 9.47. The second-order valence-corrected chi connectivity index (χ2v) is 10.1. The zero-order chi connectivity index (χ0) is 25.3. The number of aliphatic imine (C=N–C) groups is 1. The molecule has 2 aromatic carbocycles. The Morgan fingerprint density at radius 2 is 1.66 bits per heavy atom. The molecule has 2 heterocycles. The van der Waals surface area contributed by atoms with Crippen molar-refractivity contribution in [3.63, 3.8) is 0 Å². The summed E-state index contributed by atoms with van der Waals surface area (Å²) in [5, 5.41) is 3.59. The number of H-pyrrole nitrogens is 1. The Morgan fingerprint density at radius 3 is 2.29 bits per heavy atom. The number of nitrogens with zero attached hydrogens (tertiary/aromatic N) is 4. The number of anilines is 1. The van der Waals surface area contributed by atoms with Crippen LogP contribution in [0.5, 0.6) is 0 Å². The zero-order valence-corrected chi connectivity index (χ0v) is 21.1. The van der Waals surface area contributed by atoms with Crippen molar-refractivity contribution >= 4 is 39.5 Å². The van der Waals surface area contributed by atoms with Gasteiger partial charge in [-0.2, -0.15) is 0 Å². The number of sulfonamides is 1. The molecule has 0 aliphatic heterocycles. The van der Waals surface area contributed by atoms with Crippen LogP contribution in [0, 0.1) is 27.7 Å². The Morgan fingerprint density at radius 1 is 1.00 bits per heavy atom. The maximum absolute atomic E-state index is 12.9. The van der Waals surface area contributed by atoms with E-state index in [4.69, 9.17) is 11.6 Å². The summed E-state index contributed by atoms with van der Waals surface area (Å²) in [7, 11) is -3.87. The van der Waals surface area contributed by atoms with Crippen LogP contribution < -0.4 is 10.3 Å². The molecule has 0 atom stereocenters. The van der Waals surface area contributed by atoms with Gasteiger partial charge in [0.1, 0.15) is 0 Å². The van der Waals surface area contributed by atoms with Crippen molar-refractivity contribution in [2.24, 2.45) is 4.99 Å². The minimum atomic E-state index is -3.87. The van der Waals surface area contributed by atoms with E-state index in [0.717, 1.165) is 5.56 Å². The predicted octanol–water partition coefficient (Wildman–Crippen LogP) is 4.39. The Labute approximate surface area is 207 Å². The molecule has 35 heavy (non-hydrogen) atoms. The van der Waals surface area contributed by atoms with Crippen LogP contribution in [0.15, 0.2) is 63.2 Å². The molecule has 4 rings (SSSR count). The first kappa shape index (κ1) is 24.4. The number of halogens is 1. The molecular formula is C24H23ClN6O3S. The van der Waals surface area contributed by atoms with Gasteiger partial charge in [-0.1, -0.05) is 17.7 Å². The highest BCUT2D eigenvalue weighted by Crippen LogP contribution is 2.20. The zero-order valence-electron chi connectivity index (χ0n) is 19.5. The second-order valence-electron chi connectivity index (χ2n) is 8.06. The fourth-order valence-corrected chi connectivity index (χ4v) is 4.53. The van der Waals surface area contributed by atoms with E-state index < -0.39 is 10.0 Å². The van der Waals surface area contributed by atoms with Gasteiger partial charge in [0.2, 0.25) is 5.95 Å². The lowest BCUT2D eigenvalue weighted by molar-refractivity contribution is 0.601. The lowest BCUT2D eigenvalue weighted by Gasteiger charge is -2.08. The van der Waals surface area contributed by atoms with Crippen molar-refractivity contribution in [3.8, 4) is 5.69 Å². The normalized spacial score (nSPS) is 11.8. The van der Waals surface area contributed by atoms with Crippen LogP contribution in [0.4, 0.5) is 11.6 Å². The molecule has 0 saturated carbocycles. The highest BCUT2D eigenvalue weighted by atomic mass is 35.5. The van der Waals surface area contributed by atoms with Crippen molar-refractivity contribution in [1.82, 2.24) is 19.7 Å². The van der Waals surface area contributed by atoms with Gasteiger partial charge in [-0.25, -0.2) is 27.8 Å². The highest BCUT2D eigenvalue weighted by molar-refractivity contribution is 7.92. The van der Waals surface area contributed by atoms with E-state index in [2.05, 4.69) is 24.8 Å². The van der Waals surface area contributed by atoms with Gasteiger partial charge < -0.3 is 0 Å². The summed E-state index contributed by atoms with van der Waals surface area (Å²) in [6, 6.07) is 13.1. The number of nitrogens with one attached hydrogen (secondary N) is 2. The predicted molar refractivity (Wildman–Crippen MR) is 137 cm³/mol. The fourth-order valence-electron chi connectivity index (χ4n) is 3.42. The van der Waals surface area contributed by atoms with Crippen LogP contribution in [-0.4, -0.2) is 34.4 Å². The molecular weight excluding hydrogens is 488 g/mol. The highest BCUT2D eigenvalue weighted by Gasteiger charge is 2.16. The van der Waals surface area contributed by atoms with Gasteiger partial charge in [-0.05, 0) is 75.7 Å². The van der Waals surface area contributed by atoms with Crippen LogP contribution in [0.2, 0.25) is 5.02 Å². The lowest BCUT2D eigenvalue weighted by Crippen LogP contribution is -2.17. The van der Waals surface area contributed by atoms with Crippen molar-refractivity contribution in [1.29, 1.82) is 0 Å². The van der Waals surface area contributed by atoms with Gasteiger partial charge >= 0.3 is 0 Å².